The topological polar surface area (TPSA) is 104 Å². The number of nitrogens with one attached hydrogen (secondary N) is 2. The highest BCUT2D eigenvalue weighted by atomic mass is 16.5. The van der Waals surface area contributed by atoms with Crippen molar-refractivity contribution in [3.05, 3.63) is 84.3 Å². The maximum absolute atomic E-state index is 13.2. The molecule has 0 radical (unpaired) electrons. The van der Waals surface area contributed by atoms with Crippen LogP contribution < -0.4 is 15.5 Å². The van der Waals surface area contributed by atoms with Gasteiger partial charge in [-0.15, -0.1) is 0 Å². The molecular formula is C27H30N4O5. The molecule has 3 amide bonds. The van der Waals surface area contributed by atoms with Crippen LogP contribution in [0.25, 0.3) is 0 Å². The molecular weight excluding hydrogens is 460 g/mol. The van der Waals surface area contributed by atoms with Crippen LogP contribution >= 0.6 is 0 Å². The zero-order valence-corrected chi connectivity index (χ0v) is 20.2. The summed E-state index contributed by atoms with van der Waals surface area (Å²) in [7, 11) is 1.54. The minimum Gasteiger partial charge on any atom is -0.459 e. The van der Waals surface area contributed by atoms with Gasteiger partial charge in [0, 0.05) is 37.9 Å². The molecule has 1 aromatic heterocycles. The van der Waals surface area contributed by atoms with Crippen molar-refractivity contribution < 1.29 is 23.5 Å². The van der Waals surface area contributed by atoms with Crippen molar-refractivity contribution in [3.63, 3.8) is 0 Å². The van der Waals surface area contributed by atoms with Crippen LogP contribution in [0, 0.1) is 0 Å². The van der Waals surface area contributed by atoms with Crippen molar-refractivity contribution in [2.45, 2.75) is 12.5 Å². The van der Waals surface area contributed by atoms with Gasteiger partial charge in [0.05, 0.1) is 26.0 Å². The maximum atomic E-state index is 13.2. The van der Waals surface area contributed by atoms with E-state index >= 15 is 0 Å². The number of hydrogen-bond donors (Lipinski definition) is 2. The van der Waals surface area contributed by atoms with E-state index in [1.807, 2.05) is 54.6 Å². The van der Waals surface area contributed by atoms with Gasteiger partial charge in [-0.3, -0.25) is 14.4 Å². The van der Waals surface area contributed by atoms with E-state index in [1.165, 1.54) is 17.2 Å². The summed E-state index contributed by atoms with van der Waals surface area (Å²) in [6.07, 6.45) is 1.67. The Hall–Kier alpha value is -4.11. The Kier molecular flexibility index (Phi) is 8.36. The Morgan fingerprint density at radius 1 is 0.972 bits per heavy atom. The number of amides is 3. The van der Waals surface area contributed by atoms with E-state index in [-0.39, 0.29) is 30.5 Å². The molecule has 0 unspecified atom stereocenters. The molecule has 9 nitrogen and oxygen atoms in total. The van der Waals surface area contributed by atoms with Gasteiger partial charge < -0.3 is 29.6 Å². The average molecular weight is 491 g/mol. The van der Waals surface area contributed by atoms with Crippen LogP contribution in [-0.2, 0) is 20.7 Å². The molecule has 2 N–H and O–H groups in total. The molecule has 9 heteroatoms. The highest BCUT2D eigenvalue weighted by Crippen LogP contribution is 2.19. The Bertz CT molecular complexity index is 1140. The molecule has 1 atom stereocenters. The molecule has 36 heavy (non-hydrogen) atoms. The van der Waals surface area contributed by atoms with Gasteiger partial charge in [-0.05, 0) is 42.0 Å². The van der Waals surface area contributed by atoms with Crippen LogP contribution in [0.3, 0.4) is 0 Å². The van der Waals surface area contributed by atoms with E-state index in [1.54, 1.807) is 13.1 Å². The van der Waals surface area contributed by atoms with Crippen molar-refractivity contribution in [1.82, 2.24) is 10.2 Å². The molecule has 0 bridgehead atoms. The van der Waals surface area contributed by atoms with Crippen molar-refractivity contribution in [3.8, 4) is 0 Å². The number of rotatable bonds is 9. The third-order valence-electron chi connectivity index (χ3n) is 5.92. The van der Waals surface area contributed by atoms with Gasteiger partial charge in [0.1, 0.15) is 6.04 Å². The lowest BCUT2D eigenvalue weighted by Crippen LogP contribution is -2.50. The quantitative estimate of drug-likeness (QED) is 0.478. The molecule has 3 aromatic rings. The lowest BCUT2D eigenvalue weighted by Gasteiger charge is -2.29. The summed E-state index contributed by atoms with van der Waals surface area (Å²) in [6, 6.07) is 19.2. The molecule has 4 rings (SSSR count). The Morgan fingerprint density at radius 3 is 2.36 bits per heavy atom. The summed E-state index contributed by atoms with van der Waals surface area (Å²) in [5, 5.41) is 5.57. The zero-order valence-electron chi connectivity index (χ0n) is 20.2. The number of furan rings is 1. The summed E-state index contributed by atoms with van der Waals surface area (Å²) in [6.45, 7) is 2.91. The van der Waals surface area contributed by atoms with Crippen LogP contribution in [0.4, 0.5) is 11.4 Å². The molecule has 1 aliphatic heterocycles. The second kappa shape index (κ2) is 12.0. The number of hydrogen-bond acceptors (Lipinski definition) is 6. The van der Waals surface area contributed by atoms with Gasteiger partial charge in [0.2, 0.25) is 11.8 Å². The van der Waals surface area contributed by atoms with Gasteiger partial charge in [0.15, 0.2) is 5.76 Å². The highest BCUT2D eigenvalue weighted by molar-refractivity contribution is 5.98. The Morgan fingerprint density at radius 2 is 1.69 bits per heavy atom. The van der Waals surface area contributed by atoms with Crippen molar-refractivity contribution >= 4 is 29.1 Å². The fourth-order valence-electron chi connectivity index (χ4n) is 4.02. The summed E-state index contributed by atoms with van der Waals surface area (Å²) in [5.74, 6) is -1.09. The first-order chi connectivity index (χ1) is 17.5. The minimum atomic E-state index is -0.865. The molecule has 188 valence electrons. The number of benzene rings is 2. The molecule has 0 aliphatic carbocycles. The number of anilines is 2. The number of ether oxygens (including phenoxy) is 1. The molecule has 0 spiro atoms. The Labute approximate surface area is 210 Å². The summed E-state index contributed by atoms with van der Waals surface area (Å²) < 4.78 is 10.5. The largest absolute Gasteiger partial charge is 0.459 e. The van der Waals surface area contributed by atoms with Crippen LogP contribution in [0.5, 0.6) is 0 Å². The SMILES string of the molecule is CN(CC(=O)Nc1ccc(N2CCOCC2)cc1)C(=O)[C@H](Cc1ccccc1)NC(=O)c1ccco1. The number of carbonyl (C=O) groups is 3. The maximum Gasteiger partial charge on any atom is 0.287 e. The molecule has 0 saturated carbocycles. The van der Waals surface area contributed by atoms with Gasteiger partial charge in [-0.1, -0.05) is 30.3 Å². The summed E-state index contributed by atoms with van der Waals surface area (Å²) in [5.41, 5.74) is 2.60. The lowest BCUT2D eigenvalue weighted by molar-refractivity contribution is -0.135. The van der Waals surface area contributed by atoms with Crippen LogP contribution in [-0.4, -0.2) is 68.6 Å². The predicted molar refractivity (Wildman–Crippen MR) is 136 cm³/mol. The van der Waals surface area contributed by atoms with Crippen molar-refractivity contribution in [2.75, 3.05) is 50.1 Å². The molecule has 1 aliphatic rings. The first-order valence-corrected chi connectivity index (χ1v) is 11.9. The summed E-state index contributed by atoms with van der Waals surface area (Å²) >= 11 is 0. The number of likely N-dealkylation sites (N-methyl/N-ethyl adjacent to an activating group) is 1. The monoisotopic (exact) mass is 490 g/mol. The standard InChI is InChI=1S/C27H30N4O5/c1-30(19-25(32)28-21-9-11-22(12-10-21)31-13-16-35-17-14-31)27(34)23(18-20-6-3-2-4-7-20)29-26(33)24-8-5-15-36-24/h2-12,15,23H,13-14,16-19H2,1H3,(H,28,32)(H,29,33)/t23-/m0/s1. The minimum absolute atomic E-state index is 0.113. The second-order valence-electron chi connectivity index (χ2n) is 8.58. The van der Waals surface area contributed by atoms with E-state index in [0.29, 0.717) is 18.9 Å². The van der Waals surface area contributed by atoms with Gasteiger partial charge in [-0.25, -0.2) is 0 Å². The first-order valence-electron chi connectivity index (χ1n) is 11.9. The summed E-state index contributed by atoms with van der Waals surface area (Å²) in [4.78, 5) is 42.0. The number of morpholine rings is 1. The molecule has 1 saturated heterocycles. The van der Waals surface area contributed by atoms with Crippen molar-refractivity contribution in [2.24, 2.45) is 0 Å². The van der Waals surface area contributed by atoms with Crippen molar-refractivity contribution in [1.29, 1.82) is 0 Å². The van der Waals surface area contributed by atoms with E-state index in [2.05, 4.69) is 15.5 Å². The third kappa shape index (κ3) is 6.73. The molecule has 2 heterocycles. The average Bonchev–Trinajstić information content (AvgIpc) is 3.45. The normalized spacial score (nSPS) is 14.1. The third-order valence-corrected chi connectivity index (χ3v) is 5.92. The van der Waals surface area contributed by atoms with Gasteiger partial charge >= 0.3 is 0 Å². The fraction of sp³-hybridized carbons (Fsp3) is 0.296. The van der Waals surface area contributed by atoms with E-state index < -0.39 is 11.9 Å². The number of nitrogens with zero attached hydrogens (tertiary/aromatic N) is 2. The van der Waals surface area contributed by atoms with E-state index in [4.69, 9.17) is 9.15 Å². The second-order valence-corrected chi connectivity index (χ2v) is 8.58. The fourth-order valence-corrected chi connectivity index (χ4v) is 4.02. The smallest absolute Gasteiger partial charge is 0.287 e. The van der Waals surface area contributed by atoms with Crippen LogP contribution in [0.15, 0.2) is 77.4 Å². The predicted octanol–water partition coefficient (Wildman–Crippen LogP) is 2.55. The van der Waals surface area contributed by atoms with Gasteiger partial charge in [-0.2, -0.15) is 0 Å². The van der Waals surface area contributed by atoms with Gasteiger partial charge in [0.25, 0.3) is 5.91 Å². The Balaban J connectivity index is 1.36. The number of carbonyl (C=O) groups excluding carboxylic acids is 3. The van der Waals surface area contributed by atoms with E-state index in [9.17, 15) is 14.4 Å². The first kappa shape index (κ1) is 25.0. The van der Waals surface area contributed by atoms with E-state index in [0.717, 1.165) is 24.3 Å². The zero-order chi connectivity index (χ0) is 25.3. The molecule has 1 fully saturated rings. The van der Waals surface area contributed by atoms with Crippen LogP contribution in [0.2, 0.25) is 0 Å². The molecule has 2 aromatic carbocycles. The highest BCUT2D eigenvalue weighted by Gasteiger charge is 2.27. The van der Waals surface area contributed by atoms with Crippen LogP contribution in [0.1, 0.15) is 16.1 Å². The lowest BCUT2D eigenvalue weighted by atomic mass is 10.0.